The van der Waals surface area contributed by atoms with Crippen molar-refractivity contribution in [1.82, 2.24) is 30.7 Å². The quantitative estimate of drug-likeness (QED) is 0.112. The monoisotopic (exact) mass is 705 g/mol. The Kier molecular flexibility index (Phi) is 11.4. The van der Waals surface area contributed by atoms with Crippen molar-refractivity contribution < 1.29 is 33.1 Å². The molecule has 15 heteroatoms. The van der Waals surface area contributed by atoms with Crippen LogP contribution in [-0.2, 0) is 23.8 Å². The lowest BCUT2D eigenvalue weighted by atomic mass is 9.69. The maximum Gasteiger partial charge on any atom is 0.256 e. The Balaban J connectivity index is 1.09. The Morgan fingerprint density at radius 1 is 1.04 bits per heavy atom. The molecule has 3 saturated carbocycles. The van der Waals surface area contributed by atoms with Crippen LogP contribution in [0.1, 0.15) is 57.8 Å². The van der Waals surface area contributed by atoms with Crippen LogP contribution in [0.2, 0.25) is 0 Å². The number of halogens is 1. The highest BCUT2D eigenvalue weighted by Gasteiger charge is 2.60. The molecule has 280 valence electrons. The van der Waals surface area contributed by atoms with Crippen molar-refractivity contribution in [2.45, 2.75) is 125 Å². The fourth-order valence-corrected chi connectivity index (χ4v) is 9.70. The normalized spacial score (nSPS) is 39.9. The molecule has 3 aliphatic carbocycles. The average molecular weight is 706 g/mol. The first-order valence-electron chi connectivity index (χ1n) is 19.0. The van der Waals surface area contributed by atoms with Gasteiger partial charge in [0.1, 0.15) is 6.17 Å². The number of hydrogen-bond donors (Lipinski definition) is 3. The van der Waals surface area contributed by atoms with Crippen LogP contribution in [0.25, 0.3) is 0 Å². The topological polar surface area (TPSA) is 151 Å². The van der Waals surface area contributed by atoms with E-state index in [1.807, 2.05) is 14.1 Å². The van der Waals surface area contributed by atoms with Crippen molar-refractivity contribution in [1.29, 1.82) is 0 Å². The minimum atomic E-state index is -1.29. The number of carbonyl (C=O) groups is 2. The SMILES string of the molecule is CN(C)CCCCNC1C(F)CC2C(=O)C(C(=O)NCCCN3CCOCC3)=CN3C4CC5OC6CC([N+](=O)[O-])CCC6NC5CC4OC1C23. The molecule has 0 radical (unpaired) electrons. The number of ketones is 1. The van der Waals surface area contributed by atoms with Crippen molar-refractivity contribution in [3.63, 3.8) is 0 Å². The maximum atomic E-state index is 16.2. The van der Waals surface area contributed by atoms with Gasteiger partial charge < -0.3 is 40.0 Å². The van der Waals surface area contributed by atoms with E-state index >= 15 is 4.39 Å². The molecule has 50 heavy (non-hydrogen) atoms. The second-order valence-corrected chi connectivity index (χ2v) is 15.8. The lowest BCUT2D eigenvalue weighted by molar-refractivity contribution is -0.529. The van der Waals surface area contributed by atoms with Crippen LogP contribution in [-0.4, -0.2) is 165 Å². The molecule has 14 nitrogen and oxygen atoms in total. The summed E-state index contributed by atoms with van der Waals surface area (Å²) in [6.45, 7) is 6.06. The Morgan fingerprint density at radius 3 is 2.62 bits per heavy atom. The van der Waals surface area contributed by atoms with Crippen molar-refractivity contribution in [2.24, 2.45) is 5.92 Å². The summed E-state index contributed by atoms with van der Waals surface area (Å²) in [5.41, 5.74) is 0.0882. The van der Waals surface area contributed by atoms with Gasteiger partial charge in [-0.15, -0.1) is 0 Å². The van der Waals surface area contributed by atoms with E-state index in [2.05, 4.69) is 30.7 Å². The maximum absolute atomic E-state index is 16.2. The molecule has 1 amide bonds. The number of hydrogen-bond acceptors (Lipinski definition) is 12. The van der Waals surface area contributed by atoms with Crippen LogP contribution in [0.5, 0.6) is 0 Å². The number of carbonyl (C=O) groups excluding carboxylic acids is 2. The molecule has 12 atom stereocenters. The van der Waals surface area contributed by atoms with Gasteiger partial charge in [-0.25, -0.2) is 4.39 Å². The lowest BCUT2D eigenvalue weighted by Crippen LogP contribution is -2.75. The van der Waals surface area contributed by atoms with Gasteiger partial charge >= 0.3 is 0 Å². The van der Waals surface area contributed by atoms with Crippen LogP contribution >= 0.6 is 0 Å². The summed E-state index contributed by atoms with van der Waals surface area (Å²) in [5.74, 6) is -1.42. The number of nitrogens with zero attached hydrogens (tertiary/aromatic N) is 4. The fourth-order valence-electron chi connectivity index (χ4n) is 9.70. The van der Waals surface area contributed by atoms with Crippen molar-refractivity contribution in [3.05, 3.63) is 21.9 Å². The highest BCUT2D eigenvalue weighted by Crippen LogP contribution is 2.47. The second-order valence-electron chi connectivity index (χ2n) is 15.8. The van der Waals surface area contributed by atoms with Crippen LogP contribution in [0, 0.1) is 16.0 Å². The smallest absolute Gasteiger partial charge is 0.256 e. The molecule has 0 spiro atoms. The first-order chi connectivity index (χ1) is 24.2. The van der Waals surface area contributed by atoms with Gasteiger partial charge in [0.25, 0.3) is 5.91 Å². The summed E-state index contributed by atoms with van der Waals surface area (Å²) in [5, 5.41) is 21.8. The van der Waals surface area contributed by atoms with Gasteiger partial charge in [-0.3, -0.25) is 24.6 Å². The average Bonchev–Trinajstić information content (AvgIpc) is 3.10. The van der Waals surface area contributed by atoms with Crippen LogP contribution in [0.4, 0.5) is 4.39 Å². The summed E-state index contributed by atoms with van der Waals surface area (Å²) >= 11 is 0. The first kappa shape index (κ1) is 36.1. The molecule has 0 bridgehead atoms. The van der Waals surface area contributed by atoms with Gasteiger partial charge in [0.2, 0.25) is 6.04 Å². The van der Waals surface area contributed by atoms with Crippen molar-refractivity contribution >= 4 is 11.7 Å². The molecular formula is C35H56FN7O7. The van der Waals surface area contributed by atoms with Crippen LogP contribution in [0.3, 0.4) is 0 Å². The Bertz CT molecular complexity index is 1270. The Morgan fingerprint density at radius 2 is 1.84 bits per heavy atom. The molecule has 6 fully saturated rings. The first-order valence-corrected chi connectivity index (χ1v) is 19.0. The number of fused-ring (bicyclic) bond motifs is 4. The number of rotatable bonds is 12. The molecule has 4 heterocycles. The van der Waals surface area contributed by atoms with Gasteiger partial charge in [0, 0.05) is 61.6 Å². The summed E-state index contributed by atoms with van der Waals surface area (Å²) in [6.07, 6.45) is 4.72. The number of alkyl halides is 1. The molecule has 0 aromatic carbocycles. The minimum absolute atomic E-state index is 0.00356. The van der Waals surface area contributed by atoms with Gasteiger partial charge in [-0.05, 0) is 78.7 Å². The molecule has 3 N–H and O–H groups in total. The zero-order valence-electron chi connectivity index (χ0n) is 29.6. The van der Waals surface area contributed by atoms with Gasteiger partial charge in [0.05, 0.1) is 61.3 Å². The summed E-state index contributed by atoms with van der Waals surface area (Å²) in [4.78, 5) is 45.7. The number of nitro groups is 1. The minimum Gasteiger partial charge on any atom is -0.379 e. The van der Waals surface area contributed by atoms with E-state index in [1.54, 1.807) is 6.20 Å². The largest absolute Gasteiger partial charge is 0.379 e. The van der Waals surface area contributed by atoms with E-state index in [9.17, 15) is 19.7 Å². The van der Waals surface area contributed by atoms with E-state index in [0.717, 1.165) is 45.4 Å². The second kappa shape index (κ2) is 15.8. The van der Waals surface area contributed by atoms with E-state index < -0.39 is 42.2 Å². The van der Waals surface area contributed by atoms with Crippen LogP contribution in [0.15, 0.2) is 11.8 Å². The molecule has 0 aromatic heterocycles. The third-order valence-corrected chi connectivity index (χ3v) is 12.3. The highest BCUT2D eigenvalue weighted by atomic mass is 19.1. The zero-order chi connectivity index (χ0) is 34.9. The molecule has 12 unspecified atom stereocenters. The number of unbranched alkanes of at least 4 members (excludes halogenated alkanes) is 1. The fraction of sp³-hybridized carbons (Fsp3) is 0.886. The standard InChI is InChI=1S/C35H56FN7O7/c1-40(2)10-4-3-8-37-31-24(36)17-22-32-34(31)50-30-18-26-29(49-28-16-21(43(46)47)6-7-25(28)39-26)19-27(30)42(32)20-23(33(22)44)35(45)38-9-5-11-41-12-14-48-15-13-41/h20-22,24-32,34,37,39H,3-19H2,1-2H3,(H,38,45). The number of nitrogens with one attached hydrogen (secondary N) is 3. The van der Waals surface area contributed by atoms with E-state index in [4.69, 9.17) is 14.2 Å². The predicted octanol–water partition coefficient (Wildman–Crippen LogP) is 0.473. The molecule has 7 rings (SSSR count). The third-order valence-electron chi connectivity index (χ3n) is 12.3. The van der Waals surface area contributed by atoms with E-state index in [1.165, 1.54) is 0 Å². The molecule has 3 saturated heterocycles. The molecular weight excluding hydrogens is 649 g/mol. The van der Waals surface area contributed by atoms with Gasteiger partial charge in [-0.2, -0.15) is 0 Å². The van der Waals surface area contributed by atoms with Crippen molar-refractivity contribution in [2.75, 3.05) is 66.6 Å². The molecule has 7 aliphatic rings. The summed E-state index contributed by atoms with van der Waals surface area (Å²) in [7, 11) is 4.08. The van der Waals surface area contributed by atoms with Gasteiger partial charge in [-0.1, -0.05) is 0 Å². The Labute approximate surface area is 294 Å². The molecule has 4 aliphatic heterocycles. The van der Waals surface area contributed by atoms with Crippen LogP contribution < -0.4 is 16.0 Å². The number of ether oxygens (including phenoxy) is 3. The number of Topliss-reactive ketones (excluding diaryl/α,β-unsaturated/α-hetero) is 1. The van der Waals surface area contributed by atoms with Gasteiger partial charge in [0.15, 0.2) is 5.78 Å². The predicted molar refractivity (Wildman–Crippen MR) is 182 cm³/mol. The number of amides is 1. The van der Waals surface area contributed by atoms with Crippen molar-refractivity contribution in [3.8, 4) is 0 Å². The number of morpholine rings is 3. The third kappa shape index (κ3) is 7.60. The lowest BCUT2D eigenvalue weighted by Gasteiger charge is -2.61. The summed E-state index contributed by atoms with van der Waals surface area (Å²) < 4.78 is 35.2. The zero-order valence-corrected chi connectivity index (χ0v) is 29.6. The molecule has 0 aromatic rings. The Hall–Kier alpha value is -2.27. The van der Waals surface area contributed by atoms with E-state index in [-0.39, 0.29) is 59.1 Å². The highest BCUT2D eigenvalue weighted by molar-refractivity contribution is 6.20. The van der Waals surface area contributed by atoms with E-state index in [0.29, 0.717) is 58.4 Å². The summed E-state index contributed by atoms with van der Waals surface area (Å²) in [6, 6.07) is -1.68.